The van der Waals surface area contributed by atoms with Gasteiger partial charge in [0, 0.05) is 67.2 Å². The van der Waals surface area contributed by atoms with Gasteiger partial charge in [-0.15, -0.1) is 0 Å². The van der Waals surface area contributed by atoms with E-state index in [1.165, 1.54) is 56.6 Å². The largest absolute Gasteiger partial charge is 0.489 e. The summed E-state index contributed by atoms with van der Waals surface area (Å²) in [6, 6.07) is 31.4. The minimum absolute atomic E-state index is 0. The van der Waals surface area contributed by atoms with E-state index in [2.05, 4.69) is 78.0 Å². The van der Waals surface area contributed by atoms with E-state index in [0.717, 1.165) is 16.3 Å². The van der Waals surface area contributed by atoms with Gasteiger partial charge in [0.15, 0.2) is 34.6 Å². The molecule has 0 amide bonds. The average Bonchev–Trinajstić information content (AvgIpc) is 1.38. The number of aromatic amines is 5. The number of sulfonamides is 2. The zero-order chi connectivity index (χ0) is 73.1. The van der Waals surface area contributed by atoms with Gasteiger partial charge in [-0.1, -0.05) is 43.8 Å². The van der Waals surface area contributed by atoms with Gasteiger partial charge in [0.05, 0.1) is 78.2 Å². The topological polar surface area (TPSA) is 502 Å². The molecule has 102 heavy (non-hydrogen) atoms. The molecule has 5 aromatic heterocycles. The highest BCUT2D eigenvalue weighted by Gasteiger charge is 2.33. The summed E-state index contributed by atoms with van der Waals surface area (Å²) in [5.74, 6) is 14.4. The van der Waals surface area contributed by atoms with Crippen LogP contribution in [-0.4, -0.2) is 195 Å². The molecule has 11 N–H and O–H groups in total. The van der Waals surface area contributed by atoms with Gasteiger partial charge in [0.1, 0.15) is 57.9 Å². The first-order valence-corrected chi connectivity index (χ1v) is 40.0. The lowest BCUT2D eigenvalue weighted by molar-refractivity contribution is 0.0980. The molecule has 2 aliphatic heterocycles. The van der Waals surface area contributed by atoms with Crippen molar-refractivity contribution in [2.75, 3.05) is 45.2 Å². The van der Waals surface area contributed by atoms with Gasteiger partial charge in [-0.05, 0) is 96.6 Å². The van der Waals surface area contributed by atoms with Crippen molar-refractivity contribution < 1.29 is 93.4 Å². The second-order valence-corrected chi connectivity index (χ2v) is 34.2. The second-order valence-electron chi connectivity index (χ2n) is 22.3. The normalized spacial score (nSPS) is 15.7. The van der Waals surface area contributed by atoms with E-state index in [4.69, 9.17) is 23.5 Å². The number of fused-ring (bicyclic) bond motifs is 10. The van der Waals surface area contributed by atoms with Gasteiger partial charge >= 0.3 is 10.1 Å². The van der Waals surface area contributed by atoms with Crippen LogP contribution < -0.4 is 23.7 Å². The van der Waals surface area contributed by atoms with E-state index in [-0.39, 0.29) is 77.1 Å². The highest BCUT2D eigenvalue weighted by Crippen LogP contribution is 2.37. The molecule has 7 aromatic carbocycles. The first-order valence-electron chi connectivity index (χ1n) is 28.9. The van der Waals surface area contributed by atoms with Gasteiger partial charge in [0.25, 0.3) is 15.2 Å². The first kappa shape index (κ1) is 74.6. The predicted octanol–water partition coefficient (Wildman–Crippen LogP) is 6.96. The molecule has 0 saturated heterocycles. The first-order chi connectivity index (χ1) is 47.2. The van der Waals surface area contributed by atoms with E-state index in [0.29, 0.717) is 105 Å². The number of hydrogen-bond donors (Lipinski definition) is 11. The van der Waals surface area contributed by atoms with Gasteiger partial charge < -0.3 is 62.1 Å². The molecule has 1 aliphatic carbocycles. The SMILES string of the molecule is C.C=S(=O)(O)c1nc2c3c(ccc2[nH]1)C(=O)c1ccccc1C3=O.C=S(=O)(O)c1nc2cc3c(cc2[nH]1)OCCCO3.C=S(=O)(O)c1nc2cc3c(cc2[nH]1)OCCO3.C=S(=O)(O)c1nc2ccc(S(=O)(=O)N(C)C)cc2[nH]1.Cc1cccc(NS(=O)(=O)c2ccc3nc(S(=O)(=O)O)[nH]c3c2)c1. The number of imidazole rings is 5. The maximum absolute atomic E-state index is 12.8. The molecule has 0 bridgehead atoms. The Morgan fingerprint density at radius 2 is 0.863 bits per heavy atom. The Labute approximate surface area is 582 Å². The molecule has 0 radical (unpaired) electrons. The summed E-state index contributed by atoms with van der Waals surface area (Å²) in [6.07, 6.45) is 0.824. The van der Waals surface area contributed by atoms with Crippen LogP contribution in [0.3, 0.4) is 0 Å². The molecule has 3 aliphatic rings. The van der Waals surface area contributed by atoms with Crippen molar-refractivity contribution in [3.8, 4) is 23.0 Å². The average molecular weight is 1540 g/mol. The summed E-state index contributed by atoms with van der Waals surface area (Å²) < 4.78 is 189. The lowest BCUT2D eigenvalue weighted by Gasteiger charge is -2.17. The number of aryl methyl sites for hydroxylation is 1. The van der Waals surface area contributed by atoms with Crippen LogP contribution in [0, 0.1) is 6.92 Å². The third kappa shape index (κ3) is 16.1. The van der Waals surface area contributed by atoms with Crippen molar-refractivity contribution in [1.29, 1.82) is 0 Å². The van der Waals surface area contributed by atoms with Crippen molar-refractivity contribution in [1.82, 2.24) is 54.1 Å². The maximum Gasteiger partial charge on any atom is 0.328 e. The number of hydrogen-bond acceptors (Lipinski definition) is 21. The van der Waals surface area contributed by atoms with Crippen molar-refractivity contribution in [2.45, 2.75) is 56.3 Å². The molecule has 0 fully saturated rings. The Hall–Kier alpha value is -10.1. The van der Waals surface area contributed by atoms with Crippen LogP contribution in [0.25, 0.3) is 55.2 Å². The third-order valence-electron chi connectivity index (χ3n) is 14.6. The standard InChI is InChI=1S/C16H10N2O4S.C14H13N3O5S2.C11H12N2O4S.C10H13N3O4S2.C10H10N2O4S.CH4/c1-23(21,22)16-17-11-7-6-10-12(13(11)18-16)15(20)9-5-3-2-4-8(9)14(10)19;1-9-3-2-4-10(7-9)17-23(18,19)11-5-6-12-13(8-11)16-14(15-12)24(20,21)22;1-18(14,15)11-12-7-5-9-10(6-8(7)13-11)17-4-2-3-16-9;1-13(2)19(16,17)7-4-5-8-9(6-7)12-10(11-8)18(3,14)15;1-17(13,14)10-11-6-4-8-9(5-7(6)12-10)16-3-2-15-8;/h2-7H,1H2,(H,17,18)(H,21,22);2-8,17H,1H3,(H,15,16)(H,20,21,22);5-6H,1-4H2,(H,12,13)(H,14,15);4-6H,3H2,1-2H3,(H,11,12)(H,14,15);4-5H,1-3H2,(H,11,12)(H,13,14);1H4. The van der Waals surface area contributed by atoms with Crippen molar-refractivity contribution in [3.05, 3.63) is 149 Å². The summed E-state index contributed by atoms with van der Waals surface area (Å²) in [5.41, 5.74) is 6.49. The number of rotatable bonds is 10. The smallest absolute Gasteiger partial charge is 0.328 e. The number of benzene rings is 7. The summed E-state index contributed by atoms with van der Waals surface area (Å²) >= 11 is 0. The zero-order valence-corrected chi connectivity index (χ0v) is 58.4. The molecule has 15 rings (SSSR count). The van der Waals surface area contributed by atoms with Crippen LogP contribution in [-0.2, 0) is 69.4 Å². The molecule has 40 heteroatoms. The molecule has 0 spiro atoms. The van der Waals surface area contributed by atoms with Crippen LogP contribution in [0.4, 0.5) is 5.69 Å². The summed E-state index contributed by atoms with van der Waals surface area (Å²) in [5, 5.41) is -1.13. The van der Waals surface area contributed by atoms with E-state index in [1.807, 2.05) is 13.0 Å². The molecule has 0 saturated carbocycles. The van der Waals surface area contributed by atoms with Crippen LogP contribution in [0.2, 0.25) is 0 Å². The minimum atomic E-state index is -4.50. The molecular weight excluding hydrogens is 1470 g/mol. The number of ether oxygens (including phenoxy) is 4. The van der Waals surface area contributed by atoms with E-state index in [1.54, 1.807) is 72.8 Å². The number of carbonyl (C=O) groups excluding carboxylic acids is 2. The van der Waals surface area contributed by atoms with E-state index < -0.39 is 74.5 Å². The van der Waals surface area contributed by atoms with Crippen molar-refractivity contribution in [2.24, 2.45) is 0 Å². The number of ketones is 2. The van der Waals surface area contributed by atoms with E-state index >= 15 is 0 Å². The van der Waals surface area contributed by atoms with Crippen LogP contribution >= 0.6 is 0 Å². The fourth-order valence-electron chi connectivity index (χ4n) is 9.92. The number of anilines is 1. The Kier molecular flexibility index (Phi) is 20.5. The molecule has 12 aromatic rings. The van der Waals surface area contributed by atoms with Crippen LogP contribution in [0.1, 0.15) is 51.3 Å². The Balaban J connectivity index is 0.000000138. The number of H-pyrrole nitrogens is 5. The molecule has 538 valence electrons. The molecule has 4 unspecified atom stereocenters. The monoisotopic (exact) mass is 1530 g/mol. The van der Waals surface area contributed by atoms with Gasteiger partial charge in [0.2, 0.25) is 30.6 Å². The summed E-state index contributed by atoms with van der Waals surface area (Å²) in [7, 11) is -22.7. The third-order valence-corrected chi connectivity index (χ3v) is 21.7. The highest BCUT2D eigenvalue weighted by molar-refractivity contribution is 7.96. The quantitative estimate of drug-likeness (QED) is 0.0487. The number of aromatic nitrogens is 10. The Morgan fingerprint density at radius 3 is 1.35 bits per heavy atom. The van der Waals surface area contributed by atoms with Crippen LogP contribution in [0.5, 0.6) is 23.0 Å². The molecule has 4 atom stereocenters. The lowest BCUT2D eigenvalue weighted by Crippen LogP contribution is -2.22. The molecular formula is C62H62N12O21S7. The fourth-order valence-corrected chi connectivity index (χ4v) is 14.4. The summed E-state index contributed by atoms with van der Waals surface area (Å²) in [4.78, 5) is 58.3. The summed E-state index contributed by atoms with van der Waals surface area (Å²) in [6.45, 7) is 3.99. The van der Waals surface area contributed by atoms with Gasteiger partial charge in [-0.2, -0.15) is 8.42 Å². The van der Waals surface area contributed by atoms with Crippen LogP contribution in [0.15, 0.2) is 157 Å². The number of nitrogens with zero attached hydrogens (tertiary/aromatic N) is 6. The number of nitrogens with one attached hydrogen (secondary N) is 6. The lowest BCUT2D eigenvalue weighted by atomic mass is 9.83. The second kappa shape index (κ2) is 28.0. The van der Waals surface area contributed by atoms with Gasteiger partial charge in [-0.3, -0.25) is 18.9 Å². The molecule has 7 heterocycles. The highest BCUT2D eigenvalue weighted by atomic mass is 32.2. The Bertz CT molecular complexity index is 6140. The Morgan fingerprint density at radius 1 is 0.441 bits per heavy atom. The zero-order valence-electron chi connectivity index (χ0n) is 52.7. The van der Waals surface area contributed by atoms with E-state index in [9.17, 15) is 69.9 Å². The molecule has 33 nitrogen and oxygen atoms in total. The fraction of sp³-hybridized carbons (Fsp3) is 0.145. The van der Waals surface area contributed by atoms with Crippen molar-refractivity contribution in [3.63, 3.8) is 0 Å². The predicted molar refractivity (Wildman–Crippen MR) is 384 cm³/mol. The van der Waals surface area contributed by atoms with Gasteiger partial charge in [-0.25, -0.2) is 62.9 Å². The number of carbonyl (C=O) groups is 2. The maximum atomic E-state index is 12.8. The minimum Gasteiger partial charge on any atom is -0.489 e. The van der Waals surface area contributed by atoms with Crippen molar-refractivity contribution >= 4 is 165 Å².